The highest BCUT2D eigenvalue weighted by atomic mass is 28.4. The molecule has 2 bridgehead atoms. The van der Waals surface area contributed by atoms with Crippen LogP contribution in [0.25, 0.3) is 0 Å². The fourth-order valence-electron chi connectivity index (χ4n) is 5.40. The first kappa shape index (κ1) is 25.9. The Bertz CT molecular complexity index is 976. The molecule has 0 N–H and O–H groups in total. The summed E-state index contributed by atoms with van der Waals surface area (Å²) in [6, 6.07) is 21.2. The lowest BCUT2D eigenvalue weighted by atomic mass is 9.97. The maximum absolute atomic E-state index is 13.5. The number of hydrogen-bond donors (Lipinski definition) is 0. The number of piperazine rings is 1. The van der Waals surface area contributed by atoms with Crippen LogP contribution >= 0.6 is 0 Å². The van der Waals surface area contributed by atoms with Crippen molar-refractivity contribution in [2.24, 2.45) is 0 Å². The van der Waals surface area contributed by atoms with Crippen LogP contribution in [0.4, 0.5) is 4.79 Å². The van der Waals surface area contributed by atoms with E-state index in [2.05, 4.69) is 76.0 Å². The third-order valence-electron chi connectivity index (χ3n) is 8.27. The molecule has 4 rings (SSSR count). The van der Waals surface area contributed by atoms with Gasteiger partial charge in [-0.1, -0.05) is 81.4 Å². The predicted octanol–water partition coefficient (Wildman–Crippen LogP) is 6.45. The second-order valence-corrected chi connectivity index (χ2v) is 16.5. The summed E-state index contributed by atoms with van der Waals surface area (Å²) in [5, 5.41) is 0.108. The van der Waals surface area contributed by atoms with Crippen molar-refractivity contribution in [3.8, 4) is 0 Å². The molecule has 2 aliphatic heterocycles. The first-order valence-corrected chi connectivity index (χ1v) is 15.9. The van der Waals surface area contributed by atoms with Crippen LogP contribution in [0.3, 0.4) is 0 Å². The minimum absolute atomic E-state index is 0.0325. The number of fused-ring (bicyclic) bond motifs is 2. The lowest BCUT2D eigenvalue weighted by Gasteiger charge is -2.50. The van der Waals surface area contributed by atoms with Gasteiger partial charge in [-0.15, -0.1) is 0 Å². The molecule has 0 aliphatic carbocycles. The Hall–Kier alpha value is -2.15. The number of likely N-dealkylation sites (tertiary alicyclic amines) is 1. The second-order valence-electron chi connectivity index (χ2n) is 11.7. The molecule has 2 aromatic carbocycles. The van der Waals surface area contributed by atoms with Crippen molar-refractivity contribution in [1.29, 1.82) is 0 Å². The second kappa shape index (κ2) is 10.5. The van der Waals surface area contributed by atoms with Crippen LogP contribution in [0.2, 0.25) is 18.1 Å². The maximum Gasteiger partial charge on any atom is 0.410 e. The Morgan fingerprint density at radius 3 is 2.20 bits per heavy atom. The molecule has 1 amide bonds. The van der Waals surface area contributed by atoms with Crippen molar-refractivity contribution in [1.82, 2.24) is 9.80 Å². The first-order chi connectivity index (χ1) is 16.6. The zero-order chi connectivity index (χ0) is 25.2. The van der Waals surface area contributed by atoms with E-state index in [-0.39, 0.29) is 29.3 Å². The summed E-state index contributed by atoms with van der Waals surface area (Å²) in [5.41, 5.74) is 2.33. The predicted molar refractivity (Wildman–Crippen MR) is 144 cm³/mol. The molecule has 35 heavy (non-hydrogen) atoms. The van der Waals surface area contributed by atoms with Gasteiger partial charge in [0.2, 0.25) is 0 Å². The zero-order valence-corrected chi connectivity index (χ0v) is 23.2. The standard InChI is InChI=1S/C29H42N2O3Si/c1-22(34-35(5,6)29(2,3)4)27-26-18-17-25(30(26)19-23-13-9-7-10-14-23)20-31(27)28(32)33-21-24-15-11-8-12-16-24/h7-16,22,25-27H,17-21H2,1-6H3/t22-,25-,26+,27+/m0/s1. The van der Waals surface area contributed by atoms with E-state index in [4.69, 9.17) is 9.16 Å². The fraction of sp³-hybridized carbons (Fsp3) is 0.552. The van der Waals surface area contributed by atoms with Crippen molar-refractivity contribution in [3.63, 3.8) is 0 Å². The highest BCUT2D eigenvalue weighted by Gasteiger charge is 2.51. The molecule has 4 atom stereocenters. The maximum atomic E-state index is 13.5. The Labute approximate surface area is 212 Å². The highest BCUT2D eigenvalue weighted by Crippen LogP contribution is 2.41. The summed E-state index contributed by atoms with van der Waals surface area (Å²) in [6.45, 7) is 15.5. The lowest BCUT2D eigenvalue weighted by Crippen LogP contribution is -2.65. The van der Waals surface area contributed by atoms with Gasteiger partial charge in [-0.3, -0.25) is 9.80 Å². The fourth-order valence-corrected chi connectivity index (χ4v) is 6.82. The molecule has 0 saturated carbocycles. The monoisotopic (exact) mass is 494 g/mol. The molecule has 5 nitrogen and oxygen atoms in total. The number of benzene rings is 2. The molecule has 0 unspecified atom stereocenters. The topological polar surface area (TPSA) is 42.0 Å². The summed E-state index contributed by atoms with van der Waals surface area (Å²) in [4.78, 5) is 18.1. The van der Waals surface area contributed by atoms with Gasteiger partial charge in [-0.05, 0) is 49.0 Å². The molecule has 2 aromatic rings. The normalized spacial score (nSPS) is 23.8. The summed E-state index contributed by atoms with van der Waals surface area (Å²) in [5.74, 6) is 0. The van der Waals surface area contributed by atoms with E-state index in [0.29, 0.717) is 19.2 Å². The molecular weight excluding hydrogens is 452 g/mol. The summed E-state index contributed by atoms with van der Waals surface area (Å²) in [7, 11) is -2.01. The number of amides is 1. The van der Waals surface area contributed by atoms with E-state index in [1.165, 1.54) is 5.56 Å². The number of hydrogen-bond acceptors (Lipinski definition) is 4. The van der Waals surface area contributed by atoms with Gasteiger partial charge in [0.15, 0.2) is 8.32 Å². The summed E-state index contributed by atoms with van der Waals surface area (Å²) in [6.07, 6.45) is 1.89. The van der Waals surface area contributed by atoms with E-state index >= 15 is 0 Å². The molecule has 2 fully saturated rings. The number of nitrogens with zero attached hydrogens (tertiary/aromatic N) is 2. The highest BCUT2D eigenvalue weighted by molar-refractivity contribution is 6.74. The molecule has 6 heteroatoms. The van der Waals surface area contributed by atoms with Crippen molar-refractivity contribution in [2.75, 3.05) is 6.54 Å². The van der Waals surface area contributed by atoms with Gasteiger partial charge < -0.3 is 9.16 Å². The van der Waals surface area contributed by atoms with Crippen molar-refractivity contribution >= 4 is 14.4 Å². The largest absolute Gasteiger partial charge is 0.445 e. The quantitative estimate of drug-likeness (QED) is 0.415. The smallest absolute Gasteiger partial charge is 0.410 e. The Kier molecular flexibility index (Phi) is 7.74. The van der Waals surface area contributed by atoms with Gasteiger partial charge in [-0.25, -0.2) is 4.79 Å². The minimum atomic E-state index is -2.01. The lowest BCUT2D eigenvalue weighted by molar-refractivity contribution is -0.0370. The average Bonchev–Trinajstić information content (AvgIpc) is 3.07. The van der Waals surface area contributed by atoms with Crippen LogP contribution in [0.5, 0.6) is 0 Å². The third-order valence-corrected chi connectivity index (χ3v) is 12.8. The molecule has 2 saturated heterocycles. The van der Waals surface area contributed by atoms with Gasteiger partial charge in [0.1, 0.15) is 6.61 Å². The Morgan fingerprint density at radius 1 is 1.00 bits per heavy atom. The minimum Gasteiger partial charge on any atom is -0.445 e. The van der Waals surface area contributed by atoms with Gasteiger partial charge >= 0.3 is 6.09 Å². The average molecular weight is 495 g/mol. The van der Waals surface area contributed by atoms with Crippen LogP contribution in [0.15, 0.2) is 60.7 Å². The summed E-state index contributed by atoms with van der Waals surface area (Å²) >= 11 is 0. The first-order valence-electron chi connectivity index (χ1n) is 13.0. The van der Waals surface area contributed by atoms with Gasteiger partial charge in [0.25, 0.3) is 0 Å². The van der Waals surface area contributed by atoms with Crippen LogP contribution in [0.1, 0.15) is 51.7 Å². The van der Waals surface area contributed by atoms with Crippen molar-refractivity contribution < 1.29 is 14.0 Å². The summed E-state index contributed by atoms with van der Waals surface area (Å²) < 4.78 is 12.7. The number of rotatable bonds is 7. The number of ether oxygens (including phenoxy) is 1. The van der Waals surface area contributed by atoms with Gasteiger partial charge in [0, 0.05) is 25.2 Å². The van der Waals surface area contributed by atoms with Crippen LogP contribution in [0, 0.1) is 0 Å². The molecule has 0 spiro atoms. The van der Waals surface area contributed by atoms with E-state index in [1.54, 1.807) is 0 Å². The van der Waals surface area contributed by atoms with Crippen LogP contribution in [-0.4, -0.2) is 55.0 Å². The van der Waals surface area contributed by atoms with E-state index in [1.807, 2.05) is 35.2 Å². The van der Waals surface area contributed by atoms with Crippen molar-refractivity contribution in [3.05, 3.63) is 71.8 Å². The molecule has 0 radical (unpaired) electrons. The Balaban J connectivity index is 1.57. The molecule has 2 heterocycles. The Morgan fingerprint density at radius 2 is 1.60 bits per heavy atom. The van der Waals surface area contributed by atoms with E-state index < -0.39 is 8.32 Å². The van der Waals surface area contributed by atoms with Crippen LogP contribution < -0.4 is 0 Å². The third kappa shape index (κ3) is 5.82. The van der Waals surface area contributed by atoms with E-state index in [0.717, 1.165) is 24.9 Å². The number of carbonyl (C=O) groups is 1. The molecule has 2 aliphatic rings. The van der Waals surface area contributed by atoms with E-state index in [9.17, 15) is 4.79 Å². The molecule has 0 aromatic heterocycles. The van der Waals surface area contributed by atoms with Crippen molar-refractivity contribution in [2.45, 2.75) is 96.1 Å². The SMILES string of the molecule is C[C@H](O[Si](C)(C)C(C)(C)C)[C@@H]1[C@H]2CC[C@@H](CN1C(=O)OCc1ccccc1)N2Cc1ccccc1. The zero-order valence-electron chi connectivity index (χ0n) is 22.2. The van der Waals surface area contributed by atoms with Gasteiger partial charge in [0.05, 0.1) is 12.1 Å². The van der Waals surface area contributed by atoms with Gasteiger partial charge in [-0.2, -0.15) is 0 Å². The number of carbonyl (C=O) groups excluding carboxylic acids is 1. The molecular formula is C29H42N2O3Si. The molecule has 190 valence electrons. The van der Waals surface area contributed by atoms with Crippen LogP contribution in [-0.2, 0) is 22.3 Å².